The van der Waals surface area contributed by atoms with Gasteiger partial charge in [0.2, 0.25) is 0 Å². The highest BCUT2D eigenvalue weighted by molar-refractivity contribution is 5.92. The van der Waals surface area contributed by atoms with E-state index in [2.05, 4.69) is 33.1 Å². The van der Waals surface area contributed by atoms with Gasteiger partial charge in [0.1, 0.15) is 0 Å². The maximum Gasteiger partial charge on any atom is 0.273 e. The molecule has 6 nitrogen and oxygen atoms in total. The molecule has 6 heteroatoms. The molecule has 120 valence electrons. The fourth-order valence-electron chi connectivity index (χ4n) is 3.57. The number of hydrogen-bond acceptors (Lipinski definition) is 4. The van der Waals surface area contributed by atoms with Gasteiger partial charge in [-0.15, -0.1) is 5.10 Å². The second kappa shape index (κ2) is 6.12. The molecule has 1 amide bonds. The van der Waals surface area contributed by atoms with Gasteiger partial charge < -0.3 is 10.6 Å². The predicted molar refractivity (Wildman–Crippen MR) is 86.1 cm³/mol. The topological polar surface area (TPSA) is 71.8 Å². The summed E-state index contributed by atoms with van der Waals surface area (Å²) in [6.45, 7) is 1.98. The monoisotopic (exact) mass is 311 g/mol. The van der Waals surface area contributed by atoms with Gasteiger partial charge in [-0.05, 0) is 49.9 Å². The second-order valence-electron chi connectivity index (χ2n) is 6.33. The van der Waals surface area contributed by atoms with Crippen molar-refractivity contribution >= 4 is 5.91 Å². The Kier molecular flexibility index (Phi) is 3.83. The SMILES string of the molecule is O=C(NC1CCc2ccccc21)c1cn(C2CCNCC2)nn1. The molecule has 2 heterocycles. The fraction of sp³-hybridized carbons (Fsp3) is 0.471. The summed E-state index contributed by atoms with van der Waals surface area (Å²) in [5, 5.41) is 14.7. The lowest BCUT2D eigenvalue weighted by Gasteiger charge is -2.22. The molecule has 2 aliphatic rings. The normalized spacial score (nSPS) is 21.1. The summed E-state index contributed by atoms with van der Waals surface area (Å²) < 4.78 is 1.85. The van der Waals surface area contributed by atoms with Gasteiger partial charge in [0.25, 0.3) is 5.91 Å². The first-order chi connectivity index (χ1) is 11.3. The molecule has 1 aliphatic heterocycles. The summed E-state index contributed by atoms with van der Waals surface area (Å²) in [6, 6.07) is 8.73. The summed E-state index contributed by atoms with van der Waals surface area (Å²) >= 11 is 0. The minimum atomic E-state index is -0.133. The van der Waals surface area contributed by atoms with Gasteiger partial charge in [-0.1, -0.05) is 29.5 Å². The van der Waals surface area contributed by atoms with E-state index in [0.717, 1.165) is 38.8 Å². The summed E-state index contributed by atoms with van der Waals surface area (Å²) in [5.74, 6) is -0.133. The summed E-state index contributed by atoms with van der Waals surface area (Å²) in [7, 11) is 0. The van der Waals surface area contributed by atoms with Crippen molar-refractivity contribution in [1.29, 1.82) is 0 Å². The zero-order valence-electron chi connectivity index (χ0n) is 13.0. The number of nitrogens with zero attached hydrogens (tertiary/aromatic N) is 3. The van der Waals surface area contributed by atoms with Gasteiger partial charge in [-0.25, -0.2) is 4.68 Å². The predicted octanol–water partition coefficient (Wildman–Crippen LogP) is 1.62. The van der Waals surface area contributed by atoms with Crippen LogP contribution in [-0.2, 0) is 6.42 Å². The molecule has 1 aromatic heterocycles. The summed E-state index contributed by atoms with van der Waals surface area (Å²) in [4.78, 5) is 12.5. The van der Waals surface area contributed by atoms with Gasteiger partial charge in [0.15, 0.2) is 5.69 Å². The van der Waals surface area contributed by atoms with E-state index in [4.69, 9.17) is 0 Å². The number of nitrogens with one attached hydrogen (secondary N) is 2. The molecule has 0 bridgehead atoms. The number of piperidine rings is 1. The van der Waals surface area contributed by atoms with Crippen LogP contribution in [0.5, 0.6) is 0 Å². The lowest BCUT2D eigenvalue weighted by molar-refractivity contribution is 0.0931. The van der Waals surface area contributed by atoms with E-state index in [-0.39, 0.29) is 11.9 Å². The van der Waals surface area contributed by atoms with Crippen LogP contribution in [0.1, 0.15) is 53.0 Å². The standard InChI is InChI=1S/C17H21N5O/c23-17(19-15-6-5-12-3-1-2-4-14(12)15)16-11-22(21-20-16)13-7-9-18-10-8-13/h1-4,11,13,15,18H,5-10H2,(H,19,23). The summed E-state index contributed by atoms with van der Waals surface area (Å²) in [5.41, 5.74) is 2.97. The van der Waals surface area contributed by atoms with Crippen LogP contribution in [0.3, 0.4) is 0 Å². The van der Waals surface area contributed by atoms with Crippen molar-refractivity contribution in [3.63, 3.8) is 0 Å². The van der Waals surface area contributed by atoms with Crippen molar-refractivity contribution in [2.75, 3.05) is 13.1 Å². The average molecular weight is 311 g/mol. The number of carbonyl (C=O) groups excluding carboxylic acids is 1. The highest BCUT2D eigenvalue weighted by atomic mass is 16.2. The van der Waals surface area contributed by atoms with E-state index in [0.29, 0.717) is 11.7 Å². The number of aromatic nitrogens is 3. The van der Waals surface area contributed by atoms with Gasteiger partial charge in [0, 0.05) is 0 Å². The van der Waals surface area contributed by atoms with E-state index in [1.807, 2.05) is 16.8 Å². The lowest BCUT2D eigenvalue weighted by Crippen LogP contribution is -2.29. The van der Waals surface area contributed by atoms with E-state index >= 15 is 0 Å². The molecule has 0 radical (unpaired) electrons. The number of fused-ring (bicyclic) bond motifs is 1. The minimum absolute atomic E-state index is 0.0859. The second-order valence-corrected chi connectivity index (χ2v) is 6.33. The van der Waals surface area contributed by atoms with Crippen LogP contribution >= 0.6 is 0 Å². The number of amides is 1. The lowest BCUT2D eigenvalue weighted by atomic mass is 10.1. The van der Waals surface area contributed by atoms with Gasteiger partial charge in [-0.3, -0.25) is 4.79 Å². The van der Waals surface area contributed by atoms with Crippen LogP contribution in [-0.4, -0.2) is 34.0 Å². The maximum absolute atomic E-state index is 12.5. The minimum Gasteiger partial charge on any atom is -0.344 e. The Labute approximate surface area is 135 Å². The van der Waals surface area contributed by atoms with E-state index < -0.39 is 0 Å². The number of hydrogen-bond donors (Lipinski definition) is 2. The van der Waals surface area contributed by atoms with Crippen molar-refractivity contribution in [3.8, 4) is 0 Å². The van der Waals surface area contributed by atoms with E-state index in [9.17, 15) is 4.79 Å². The molecule has 1 fully saturated rings. The van der Waals surface area contributed by atoms with Crippen LogP contribution in [0, 0.1) is 0 Å². The third-order valence-electron chi connectivity index (χ3n) is 4.86. The first-order valence-corrected chi connectivity index (χ1v) is 8.32. The number of benzene rings is 1. The molecule has 2 aromatic rings. The fourth-order valence-corrected chi connectivity index (χ4v) is 3.57. The molecule has 23 heavy (non-hydrogen) atoms. The van der Waals surface area contributed by atoms with Crippen LogP contribution in [0.15, 0.2) is 30.5 Å². The Hall–Kier alpha value is -2.21. The number of aryl methyl sites for hydroxylation is 1. The molecular weight excluding hydrogens is 290 g/mol. The largest absolute Gasteiger partial charge is 0.344 e. The number of carbonyl (C=O) groups is 1. The van der Waals surface area contributed by atoms with Gasteiger partial charge in [0.05, 0.1) is 18.3 Å². The molecule has 1 unspecified atom stereocenters. The molecule has 1 aromatic carbocycles. The van der Waals surface area contributed by atoms with Crippen molar-refractivity contribution < 1.29 is 4.79 Å². The first kappa shape index (κ1) is 14.4. The van der Waals surface area contributed by atoms with E-state index in [1.54, 1.807) is 6.20 Å². The molecule has 0 spiro atoms. The highest BCUT2D eigenvalue weighted by Gasteiger charge is 2.25. The summed E-state index contributed by atoms with van der Waals surface area (Å²) in [6.07, 6.45) is 5.81. The van der Waals surface area contributed by atoms with Crippen LogP contribution in [0.25, 0.3) is 0 Å². The molecule has 0 saturated carbocycles. The zero-order valence-corrected chi connectivity index (χ0v) is 13.0. The van der Waals surface area contributed by atoms with Crippen molar-refractivity contribution in [1.82, 2.24) is 25.6 Å². The van der Waals surface area contributed by atoms with Crippen molar-refractivity contribution in [2.45, 2.75) is 37.8 Å². The Morgan fingerprint density at radius 1 is 1.22 bits per heavy atom. The zero-order chi connectivity index (χ0) is 15.6. The van der Waals surface area contributed by atoms with Crippen LogP contribution < -0.4 is 10.6 Å². The average Bonchev–Trinajstić information content (AvgIpc) is 3.24. The quantitative estimate of drug-likeness (QED) is 0.903. The number of rotatable bonds is 3. The Morgan fingerprint density at radius 3 is 2.91 bits per heavy atom. The smallest absolute Gasteiger partial charge is 0.273 e. The first-order valence-electron chi connectivity index (χ1n) is 8.32. The highest BCUT2D eigenvalue weighted by Crippen LogP contribution is 2.30. The van der Waals surface area contributed by atoms with Crippen molar-refractivity contribution in [3.05, 3.63) is 47.3 Å². The maximum atomic E-state index is 12.5. The molecule has 4 rings (SSSR count). The van der Waals surface area contributed by atoms with Crippen molar-refractivity contribution in [2.24, 2.45) is 0 Å². The Morgan fingerprint density at radius 2 is 2.04 bits per heavy atom. The van der Waals surface area contributed by atoms with Gasteiger partial charge >= 0.3 is 0 Å². The van der Waals surface area contributed by atoms with Crippen LogP contribution in [0.4, 0.5) is 0 Å². The molecule has 1 atom stereocenters. The molecule has 1 aliphatic carbocycles. The third kappa shape index (κ3) is 2.86. The third-order valence-corrected chi connectivity index (χ3v) is 4.86. The van der Waals surface area contributed by atoms with Gasteiger partial charge in [-0.2, -0.15) is 0 Å². The van der Waals surface area contributed by atoms with Crippen LogP contribution in [0.2, 0.25) is 0 Å². The molecule has 2 N–H and O–H groups in total. The Balaban J connectivity index is 1.45. The molecule has 1 saturated heterocycles. The Bertz CT molecular complexity index is 705. The molecular formula is C17H21N5O. The van der Waals surface area contributed by atoms with E-state index in [1.165, 1.54) is 11.1 Å².